The van der Waals surface area contributed by atoms with E-state index >= 15 is 0 Å². The number of benzene rings is 1. The number of ketones is 1. The fourth-order valence-corrected chi connectivity index (χ4v) is 2.35. The molecule has 4 heteroatoms. The molecule has 0 saturated heterocycles. The summed E-state index contributed by atoms with van der Waals surface area (Å²) in [7, 11) is 0. The Morgan fingerprint density at radius 1 is 1.41 bits per heavy atom. The summed E-state index contributed by atoms with van der Waals surface area (Å²) in [4.78, 5) is 24.9. The van der Waals surface area contributed by atoms with E-state index in [-0.39, 0.29) is 12.2 Å². The number of hydrogen-bond acceptors (Lipinski definition) is 3. The summed E-state index contributed by atoms with van der Waals surface area (Å²) in [5.41, 5.74) is -0.455. The van der Waals surface area contributed by atoms with Crippen LogP contribution in [0.5, 0.6) is 0 Å². The molecule has 0 radical (unpaired) electrons. The molecule has 0 saturated carbocycles. The standard InChI is InChI=1S/C13H15NO3/c1-3-14-11-7-5-4-6-10(11)13(17,12(14)16)8-9(2)15/h4-7,17H,3,8H2,1-2H3/t13-/m1/s1. The lowest BCUT2D eigenvalue weighted by atomic mass is 9.90. The van der Waals surface area contributed by atoms with Crippen LogP contribution in [0.1, 0.15) is 25.8 Å². The maximum Gasteiger partial charge on any atom is 0.264 e. The topological polar surface area (TPSA) is 57.6 Å². The lowest BCUT2D eigenvalue weighted by molar-refractivity contribution is -0.141. The van der Waals surface area contributed by atoms with E-state index in [4.69, 9.17) is 0 Å². The van der Waals surface area contributed by atoms with Gasteiger partial charge in [-0.2, -0.15) is 0 Å². The molecular weight excluding hydrogens is 218 g/mol. The molecule has 17 heavy (non-hydrogen) atoms. The number of fused-ring (bicyclic) bond motifs is 1. The van der Waals surface area contributed by atoms with Crippen molar-refractivity contribution < 1.29 is 14.7 Å². The first-order valence-corrected chi connectivity index (χ1v) is 5.64. The Morgan fingerprint density at radius 3 is 2.65 bits per heavy atom. The second-order valence-electron chi connectivity index (χ2n) is 4.31. The van der Waals surface area contributed by atoms with E-state index in [0.717, 1.165) is 0 Å². The number of anilines is 1. The number of carbonyl (C=O) groups is 2. The van der Waals surface area contributed by atoms with E-state index in [1.807, 2.05) is 13.0 Å². The molecule has 1 N–H and O–H groups in total. The van der Waals surface area contributed by atoms with Crippen molar-refractivity contribution in [2.24, 2.45) is 0 Å². The molecule has 1 aromatic carbocycles. The van der Waals surface area contributed by atoms with Crippen molar-refractivity contribution in [2.75, 3.05) is 11.4 Å². The first kappa shape index (κ1) is 11.8. The van der Waals surface area contributed by atoms with E-state index in [2.05, 4.69) is 0 Å². The van der Waals surface area contributed by atoms with E-state index in [1.54, 1.807) is 18.2 Å². The molecule has 0 bridgehead atoms. The second kappa shape index (κ2) is 3.96. The van der Waals surface area contributed by atoms with Crippen molar-refractivity contribution in [2.45, 2.75) is 25.9 Å². The van der Waals surface area contributed by atoms with Gasteiger partial charge in [0.2, 0.25) is 0 Å². The van der Waals surface area contributed by atoms with Gasteiger partial charge >= 0.3 is 0 Å². The van der Waals surface area contributed by atoms with Gasteiger partial charge in [0.05, 0.1) is 5.69 Å². The van der Waals surface area contributed by atoms with Crippen LogP contribution in [-0.2, 0) is 15.2 Å². The third-order valence-corrected chi connectivity index (χ3v) is 3.06. The first-order chi connectivity index (χ1) is 8.00. The number of Topliss-reactive ketones (excluding diaryl/α,β-unsaturated/α-hetero) is 1. The molecule has 0 aliphatic carbocycles. The van der Waals surface area contributed by atoms with Gasteiger partial charge in [0, 0.05) is 18.5 Å². The molecule has 1 atom stereocenters. The van der Waals surface area contributed by atoms with Gasteiger partial charge in [-0.1, -0.05) is 18.2 Å². The second-order valence-corrected chi connectivity index (χ2v) is 4.31. The quantitative estimate of drug-likeness (QED) is 0.854. The minimum Gasteiger partial charge on any atom is -0.375 e. The smallest absolute Gasteiger partial charge is 0.264 e. The Labute approximate surface area is 99.9 Å². The summed E-state index contributed by atoms with van der Waals surface area (Å²) in [5.74, 6) is -0.606. The summed E-state index contributed by atoms with van der Waals surface area (Å²) in [5, 5.41) is 10.5. The van der Waals surface area contributed by atoms with Crippen molar-refractivity contribution in [1.82, 2.24) is 0 Å². The number of nitrogens with zero attached hydrogens (tertiary/aromatic N) is 1. The predicted octanol–water partition coefficient (Wildman–Crippen LogP) is 1.22. The van der Waals surface area contributed by atoms with Crippen LogP contribution in [-0.4, -0.2) is 23.3 Å². The zero-order valence-corrected chi connectivity index (χ0v) is 9.93. The Balaban J connectivity index is 2.55. The number of hydrogen-bond donors (Lipinski definition) is 1. The van der Waals surface area contributed by atoms with E-state index in [9.17, 15) is 14.7 Å². The number of likely N-dealkylation sites (N-methyl/N-ethyl adjacent to an activating group) is 1. The third-order valence-electron chi connectivity index (χ3n) is 3.06. The molecule has 0 spiro atoms. The van der Waals surface area contributed by atoms with Crippen molar-refractivity contribution in [1.29, 1.82) is 0 Å². The summed E-state index contributed by atoms with van der Waals surface area (Å²) >= 11 is 0. The van der Waals surface area contributed by atoms with Gasteiger partial charge in [-0.05, 0) is 19.9 Å². The Hall–Kier alpha value is -1.68. The molecule has 1 aliphatic heterocycles. The van der Waals surface area contributed by atoms with E-state index in [1.165, 1.54) is 11.8 Å². The number of aliphatic hydroxyl groups is 1. The van der Waals surface area contributed by atoms with Crippen LogP contribution in [0.2, 0.25) is 0 Å². The average molecular weight is 233 g/mol. The lowest BCUT2D eigenvalue weighted by Crippen LogP contribution is -2.41. The number of amides is 1. The monoisotopic (exact) mass is 233 g/mol. The Kier molecular flexibility index (Phi) is 2.75. The molecule has 0 fully saturated rings. The summed E-state index contributed by atoms with van der Waals surface area (Å²) in [6.07, 6.45) is -0.167. The molecule has 1 amide bonds. The van der Waals surface area contributed by atoms with Crippen molar-refractivity contribution >= 4 is 17.4 Å². The van der Waals surface area contributed by atoms with Crippen molar-refractivity contribution in [3.63, 3.8) is 0 Å². The van der Waals surface area contributed by atoms with E-state index < -0.39 is 11.5 Å². The van der Waals surface area contributed by atoms with Gasteiger partial charge in [-0.25, -0.2) is 0 Å². The molecule has 0 unspecified atom stereocenters. The third kappa shape index (κ3) is 1.65. The summed E-state index contributed by atoms with van der Waals surface area (Å²) in [6.45, 7) is 3.70. The normalized spacial score (nSPS) is 22.8. The van der Waals surface area contributed by atoms with Crippen LogP contribution in [0.15, 0.2) is 24.3 Å². The summed E-state index contributed by atoms with van der Waals surface area (Å²) in [6, 6.07) is 7.06. The minimum atomic E-state index is -1.68. The van der Waals surface area contributed by atoms with Gasteiger partial charge in [0.25, 0.3) is 5.91 Å². The van der Waals surface area contributed by atoms with E-state index in [0.29, 0.717) is 17.8 Å². The minimum absolute atomic E-state index is 0.167. The van der Waals surface area contributed by atoms with Crippen LogP contribution in [0.25, 0.3) is 0 Å². The highest BCUT2D eigenvalue weighted by Gasteiger charge is 2.49. The zero-order chi connectivity index (χ0) is 12.6. The summed E-state index contributed by atoms with van der Waals surface area (Å²) < 4.78 is 0. The fraction of sp³-hybridized carbons (Fsp3) is 0.385. The molecule has 2 rings (SSSR count). The van der Waals surface area contributed by atoms with Crippen molar-refractivity contribution in [3.8, 4) is 0 Å². The molecule has 1 aliphatic rings. The zero-order valence-electron chi connectivity index (χ0n) is 9.93. The molecule has 0 aromatic heterocycles. The first-order valence-electron chi connectivity index (χ1n) is 5.64. The van der Waals surface area contributed by atoms with Gasteiger partial charge in [-0.3, -0.25) is 9.59 Å². The predicted molar refractivity (Wildman–Crippen MR) is 63.7 cm³/mol. The van der Waals surface area contributed by atoms with Gasteiger partial charge in [0.15, 0.2) is 5.60 Å². The molecule has 90 valence electrons. The number of carbonyl (C=O) groups excluding carboxylic acids is 2. The average Bonchev–Trinajstić information content (AvgIpc) is 2.48. The van der Waals surface area contributed by atoms with Crippen LogP contribution in [0.3, 0.4) is 0 Å². The maximum atomic E-state index is 12.2. The van der Waals surface area contributed by atoms with Crippen LogP contribution in [0.4, 0.5) is 5.69 Å². The molecule has 4 nitrogen and oxygen atoms in total. The van der Waals surface area contributed by atoms with Gasteiger partial charge in [0.1, 0.15) is 5.78 Å². The molecular formula is C13H15NO3. The Bertz CT molecular complexity index is 483. The van der Waals surface area contributed by atoms with Gasteiger partial charge < -0.3 is 10.0 Å². The largest absolute Gasteiger partial charge is 0.375 e. The van der Waals surface area contributed by atoms with Gasteiger partial charge in [-0.15, -0.1) is 0 Å². The highest BCUT2D eigenvalue weighted by atomic mass is 16.3. The molecule has 1 heterocycles. The highest BCUT2D eigenvalue weighted by molar-refractivity contribution is 6.08. The lowest BCUT2D eigenvalue weighted by Gasteiger charge is -2.21. The van der Waals surface area contributed by atoms with Crippen LogP contribution < -0.4 is 4.90 Å². The maximum absolute atomic E-state index is 12.2. The fourth-order valence-electron chi connectivity index (χ4n) is 2.35. The highest BCUT2D eigenvalue weighted by Crippen LogP contribution is 2.41. The molecule has 1 aromatic rings. The number of rotatable bonds is 3. The Morgan fingerprint density at radius 2 is 2.06 bits per heavy atom. The van der Waals surface area contributed by atoms with Crippen LogP contribution in [0, 0.1) is 0 Å². The van der Waals surface area contributed by atoms with Crippen LogP contribution >= 0.6 is 0 Å². The SMILES string of the molecule is CCN1C(=O)[C@@](O)(CC(C)=O)c2ccccc21. The number of para-hydroxylation sites is 1. The van der Waals surface area contributed by atoms with Crippen molar-refractivity contribution in [3.05, 3.63) is 29.8 Å².